The normalized spacial score (nSPS) is 14.2. The minimum absolute atomic E-state index is 0.00129. The molecule has 3 N–H and O–H groups in total. The second kappa shape index (κ2) is 23.9. The van der Waals surface area contributed by atoms with Gasteiger partial charge in [0.25, 0.3) is 11.8 Å². The standard InChI is InChI=1S/C39H49ClN6O18S2/c1-22(63-37(52)23(2)62-32(49)20-61-38(53)27-14-30(66(41,54)55)28(40)15-29(27)42-16-25-8-7-11-57-25)36(51)60-21-33(50)64-26(17-46(39(4,5)6)31(48)19-58-24(3)47)18-59-35-34(43-65-44-35)45-9-12-56-13-10-45/h7-8,11,14-15,22-23,26,42H,9-10,12-13,16-21H2,1-6H3,(H2,41,54,55)/t22?,23?,26-/m0/s1. The second-order valence-electron chi connectivity index (χ2n) is 15.1. The topological polar surface area (TPSA) is 311 Å². The molecule has 2 unspecified atom stereocenters. The number of anilines is 2. The molecule has 24 nitrogen and oxygen atoms in total. The molecule has 0 bridgehead atoms. The Labute approximate surface area is 387 Å². The van der Waals surface area contributed by atoms with Crippen LogP contribution in [0.4, 0.5) is 11.5 Å². The molecule has 1 aliphatic heterocycles. The van der Waals surface area contributed by atoms with Crippen LogP contribution in [-0.2, 0) is 78.5 Å². The molecule has 3 aromatic rings. The second-order valence-corrected chi connectivity index (χ2v) is 17.5. The molecule has 3 atom stereocenters. The minimum Gasteiger partial charge on any atom is -0.470 e. The van der Waals surface area contributed by atoms with E-state index < -0.39 is 100 Å². The van der Waals surface area contributed by atoms with Crippen molar-refractivity contribution >= 4 is 86.6 Å². The summed E-state index contributed by atoms with van der Waals surface area (Å²) in [6, 6.07) is 5.21. The predicted molar refractivity (Wildman–Crippen MR) is 228 cm³/mol. The number of hydrogen-bond acceptors (Lipinski definition) is 23. The Kier molecular flexibility index (Phi) is 19.0. The zero-order chi connectivity index (χ0) is 48.8. The summed E-state index contributed by atoms with van der Waals surface area (Å²) in [6.07, 6.45) is -3.08. The van der Waals surface area contributed by atoms with Crippen LogP contribution in [0.25, 0.3) is 0 Å². The van der Waals surface area contributed by atoms with Crippen molar-refractivity contribution in [2.45, 2.75) is 76.8 Å². The first-order valence-electron chi connectivity index (χ1n) is 19.8. The maximum absolute atomic E-state index is 13.2. The molecular weight excluding hydrogens is 940 g/mol. The Bertz CT molecular complexity index is 2310. The highest BCUT2D eigenvalue weighted by Gasteiger charge is 2.33. The van der Waals surface area contributed by atoms with E-state index in [9.17, 15) is 42.0 Å². The molecule has 1 aromatic carbocycles. The first kappa shape index (κ1) is 52.5. The number of nitrogens with one attached hydrogen (secondary N) is 1. The van der Waals surface area contributed by atoms with Gasteiger partial charge in [0, 0.05) is 25.6 Å². The molecule has 0 saturated carbocycles. The maximum Gasteiger partial charge on any atom is 0.347 e. The van der Waals surface area contributed by atoms with Crippen LogP contribution in [0.15, 0.2) is 39.8 Å². The number of furan rings is 1. The quantitative estimate of drug-likeness (QED) is 0.107. The van der Waals surface area contributed by atoms with Crippen LogP contribution < -0.4 is 20.1 Å². The van der Waals surface area contributed by atoms with E-state index in [0.717, 1.165) is 44.6 Å². The van der Waals surface area contributed by atoms with Crippen LogP contribution in [0.2, 0.25) is 5.02 Å². The highest BCUT2D eigenvalue weighted by Crippen LogP contribution is 2.30. The van der Waals surface area contributed by atoms with Gasteiger partial charge in [-0.25, -0.2) is 37.5 Å². The van der Waals surface area contributed by atoms with Gasteiger partial charge in [-0.15, -0.1) is 4.37 Å². The molecule has 0 aliphatic carbocycles. The summed E-state index contributed by atoms with van der Waals surface area (Å²) in [7, 11) is -4.40. The van der Waals surface area contributed by atoms with E-state index in [-0.39, 0.29) is 41.8 Å². The lowest BCUT2D eigenvalue weighted by molar-refractivity contribution is -0.180. The van der Waals surface area contributed by atoms with Crippen LogP contribution in [0, 0.1) is 0 Å². The number of aromatic nitrogens is 2. The number of esters is 6. The fourth-order valence-electron chi connectivity index (χ4n) is 5.67. The van der Waals surface area contributed by atoms with E-state index in [4.69, 9.17) is 59.1 Å². The lowest BCUT2D eigenvalue weighted by Crippen LogP contribution is -2.52. The van der Waals surface area contributed by atoms with Crippen molar-refractivity contribution in [3.63, 3.8) is 0 Å². The molecule has 2 aromatic heterocycles. The number of ether oxygens (including phenoxy) is 8. The zero-order valence-corrected chi connectivity index (χ0v) is 39.0. The van der Waals surface area contributed by atoms with Gasteiger partial charge in [-0.3, -0.25) is 9.59 Å². The highest BCUT2D eigenvalue weighted by atomic mass is 35.5. The predicted octanol–water partition coefficient (Wildman–Crippen LogP) is 1.63. The van der Waals surface area contributed by atoms with Crippen LogP contribution in [0.1, 0.15) is 57.7 Å². The fraction of sp³-hybridized carbons (Fsp3) is 0.513. The van der Waals surface area contributed by atoms with Crippen molar-refractivity contribution in [3.8, 4) is 5.88 Å². The molecule has 0 spiro atoms. The van der Waals surface area contributed by atoms with Gasteiger partial charge in [-0.1, -0.05) is 11.6 Å². The molecule has 0 radical (unpaired) electrons. The van der Waals surface area contributed by atoms with Crippen molar-refractivity contribution in [1.82, 2.24) is 13.6 Å². The van der Waals surface area contributed by atoms with Crippen LogP contribution in [0.5, 0.6) is 5.88 Å². The molecule has 27 heteroatoms. The molecule has 1 amide bonds. The van der Waals surface area contributed by atoms with Gasteiger partial charge in [-0.05, 0) is 58.9 Å². The van der Waals surface area contributed by atoms with Crippen molar-refractivity contribution in [2.24, 2.45) is 5.14 Å². The van der Waals surface area contributed by atoms with Gasteiger partial charge in [0.2, 0.25) is 15.8 Å². The van der Waals surface area contributed by atoms with Gasteiger partial charge in [0.15, 0.2) is 38.1 Å². The first-order chi connectivity index (χ1) is 31.0. The summed E-state index contributed by atoms with van der Waals surface area (Å²) in [6.45, 7) is 7.25. The number of nitrogens with zero attached hydrogens (tertiary/aromatic N) is 4. The molecule has 4 rings (SSSR count). The number of rotatable bonds is 22. The summed E-state index contributed by atoms with van der Waals surface area (Å²) in [5.41, 5.74) is -1.24. The number of carbonyl (C=O) groups is 7. The smallest absolute Gasteiger partial charge is 0.347 e. The first-order valence-corrected chi connectivity index (χ1v) is 22.5. The number of sulfonamides is 1. The monoisotopic (exact) mass is 988 g/mol. The van der Waals surface area contributed by atoms with E-state index in [1.54, 1.807) is 32.9 Å². The van der Waals surface area contributed by atoms with E-state index in [1.165, 1.54) is 11.2 Å². The minimum atomic E-state index is -4.40. The summed E-state index contributed by atoms with van der Waals surface area (Å²) >= 11 is 6.99. The van der Waals surface area contributed by atoms with Gasteiger partial charge < -0.3 is 57.4 Å². The number of nitrogens with two attached hydrogens (primary N) is 1. The summed E-state index contributed by atoms with van der Waals surface area (Å²) in [4.78, 5) is 91.4. The van der Waals surface area contributed by atoms with E-state index in [2.05, 4.69) is 14.1 Å². The Balaban J connectivity index is 1.31. The molecule has 66 heavy (non-hydrogen) atoms. The number of halogens is 1. The zero-order valence-electron chi connectivity index (χ0n) is 36.6. The Morgan fingerprint density at radius 1 is 0.939 bits per heavy atom. The van der Waals surface area contributed by atoms with Crippen LogP contribution >= 0.6 is 23.3 Å². The largest absolute Gasteiger partial charge is 0.470 e. The van der Waals surface area contributed by atoms with E-state index >= 15 is 0 Å². The van der Waals surface area contributed by atoms with Crippen LogP contribution in [-0.4, -0.2) is 147 Å². The molecular formula is C39H49ClN6O18S2. The fourth-order valence-corrected chi connectivity index (χ4v) is 7.29. The average molecular weight is 989 g/mol. The lowest BCUT2D eigenvalue weighted by atomic mass is 10.1. The van der Waals surface area contributed by atoms with Gasteiger partial charge in [0.05, 0.1) is 60.6 Å². The Morgan fingerprint density at radius 3 is 2.24 bits per heavy atom. The van der Waals surface area contributed by atoms with Gasteiger partial charge in [0.1, 0.15) is 17.3 Å². The Hall–Kier alpha value is -6.09. The molecule has 362 valence electrons. The SMILES string of the molecule is CC(=O)OCC(=O)N(C[C@@H](COc1nsnc1N1CCOCC1)OC(=O)COC(=O)C(C)OC(=O)C(C)OC(=O)COC(=O)c1cc(S(N)(=O)=O)c(Cl)cc1NCc1ccco1)C(C)(C)C. The molecule has 1 saturated heterocycles. The number of primary sulfonamides is 1. The van der Waals surface area contributed by atoms with Crippen molar-refractivity contribution in [3.05, 3.63) is 46.9 Å². The lowest BCUT2D eigenvalue weighted by Gasteiger charge is -2.37. The van der Waals surface area contributed by atoms with Crippen LogP contribution in [0.3, 0.4) is 0 Å². The molecule has 1 aliphatic rings. The third-order valence-corrected chi connectivity index (χ3v) is 10.8. The van der Waals surface area contributed by atoms with Crippen molar-refractivity contribution in [1.29, 1.82) is 0 Å². The Morgan fingerprint density at radius 2 is 1.61 bits per heavy atom. The van der Waals surface area contributed by atoms with E-state index in [0.29, 0.717) is 37.9 Å². The van der Waals surface area contributed by atoms with Gasteiger partial charge in [-0.2, -0.15) is 4.37 Å². The number of amides is 1. The number of morpholine rings is 1. The van der Waals surface area contributed by atoms with Crippen molar-refractivity contribution < 1.29 is 84.3 Å². The van der Waals surface area contributed by atoms with Gasteiger partial charge >= 0.3 is 35.8 Å². The summed E-state index contributed by atoms with van der Waals surface area (Å²) in [5, 5.41) is 7.77. The third kappa shape index (κ3) is 16.1. The van der Waals surface area contributed by atoms with Crippen molar-refractivity contribution in [2.75, 3.05) is 69.5 Å². The summed E-state index contributed by atoms with van der Waals surface area (Å²) < 4.78 is 79.7. The molecule has 3 heterocycles. The summed E-state index contributed by atoms with van der Waals surface area (Å²) in [5.74, 6) is -6.21. The molecule has 1 fully saturated rings. The number of benzene rings is 1. The highest BCUT2D eigenvalue weighted by molar-refractivity contribution is 7.89. The maximum atomic E-state index is 13.2. The third-order valence-electron chi connectivity index (χ3n) is 8.90. The van der Waals surface area contributed by atoms with E-state index in [1.807, 2.05) is 4.90 Å². The number of carbonyl (C=O) groups excluding carboxylic acids is 7. The number of hydrogen-bond donors (Lipinski definition) is 2. The average Bonchev–Trinajstić information content (AvgIpc) is 3.96.